The van der Waals surface area contributed by atoms with Crippen LogP contribution in [0.25, 0.3) is 0 Å². The molecule has 6 nitrogen and oxygen atoms in total. The minimum Gasteiger partial charge on any atom is -0.481 e. The van der Waals surface area contributed by atoms with E-state index in [9.17, 15) is 14.7 Å². The molecule has 0 bridgehead atoms. The number of aromatic nitrogens is 2. The molecule has 1 heterocycles. The second-order valence-electron chi connectivity index (χ2n) is 8.95. The van der Waals surface area contributed by atoms with Gasteiger partial charge in [-0.25, -0.2) is 0 Å². The fourth-order valence-corrected chi connectivity index (χ4v) is 5.66. The summed E-state index contributed by atoms with van der Waals surface area (Å²) < 4.78 is 0. The first-order valence-electron chi connectivity index (χ1n) is 11.0. The highest BCUT2D eigenvalue weighted by Gasteiger charge is 2.58. The van der Waals surface area contributed by atoms with E-state index in [0.717, 1.165) is 37.7 Å². The molecule has 3 aromatic rings. The number of carboxylic acid groups (broad SMARTS) is 1. The molecule has 0 aliphatic heterocycles. The Kier molecular flexibility index (Phi) is 5.51. The van der Waals surface area contributed by atoms with Crippen LogP contribution in [0.3, 0.4) is 0 Å². The van der Waals surface area contributed by atoms with E-state index >= 15 is 0 Å². The first kappa shape index (κ1) is 20.8. The molecule has 2 aromatic carbocycles. The lowest BCUT2D eigenvalue weighted by Gasteiger charge is -2.29. The van der Waals surface area contributed by atoms with Crippen LogP contribution in [0.15, 0.2) is 60.1 Å². The molecule has 1 unspecified atom stereocenters. The molecule has 1 amide bonds. The number of nitrogens with zero attached hydrogens (tertiary/aromatic N) is 3. The van der Waals surface area contributed by atoms with Gasteiger partial charge in [0.2, 0.25) is 5.13 Å². The van der Waals surface area contributed by atoms with Gasteiger partial charge in [-0.1, -0.05) is 53.8 Å². The number of carbonyl (C=O) groups is 2. The van der Waals surface area contributed by atoms with E-state index in [-0.39, 0.29) is 17.2 Å². The van der Waals surface area contributed by atoms with Gasteiger partial charge >= 0.3 is 5.97 Å². The van der Waals surface area contributed by atoms with Gasteiger partial charge in [-0.2, -0.15) is 0 Å². The van der Waals surface area contributed by atoms with E-state index < -0.39 is 5.97 Å². The molecule has 0 radical (unpaired) electrons. The molecule has 2 saturated carbocycles. The van der Waals surface area contributed by atoms with E-state index in [1.165, 1.54) is 16.9 Å². The van der Waals surface area contributed by atoms with Crippen LogP contribution in [0.2, 0.25) is 0 Å². The van der Waals surface area contributed by atoms with E-state index in [4.69, 9.17) is 0 Å². The third-order valence-corrected chi connectivity index (χ3v) is 7.82. The zero-order chi connectivity index (χ0) is 22.1. The van der Waals surface area contributed by atoms with Gasteiger partial charge in [-0.05, 0) is 66.7 Å². The third-order valence-electron chi connectivity index (χ3n) is 7.11. The Morgan fingerprint density at radius 2 is 1.78 bits per heavy atom. The van der Waals surface area contributed by atoms with Gasteiger partial charge in [-0.3, -0.25) is 14.5 Å². The van der Waals surface area contributed by atoms with Crippen molar-refractivity contribution in [1.82, 2.24) is 10.2 Å². The minimum atomic E-state index is -0.637. The van der Waals surface area contributed by atoms with Crippen LogP contribution in [-0.2, 0) is 11.3 Å². The van der Waals surface area contributed by atoms with Crippen LogP contribution in [0.1, 0.15) is 59.5 Å². The normalized spacial score (nSPS) is 24.2. The summed E-state index contributed by atoms with van der Waals surface area (Å²) in [6, 6.07) is 17.8. The summed E-state index contributed by atoms with van der Waals surface area (Å²) in [7, 11) is 0. The Hall–Kier alpha value is -3.06. The lowest BCUT2D eigenvalue weighted by atomic mass is 9.75. The average molecular weight is 448 g/mol. The summed E-state index contributed by atoms with van der Waals surface area (Å²) in [5.74, 6) is -0.438. The smallest absolute Gasteiger partial charge is 0.307 e. The number of carbonyl (C=O) groups excluding carboxylic acids is 1. The predicted molar refractivity (Wildman–Crippen MR) is 123 cm³/mol. The number of carboxylic acids is 1. The molecule has 2 aliphatic rings. The maximum Gasteiger partial charge on any atom is 0.307 e. The van der Waals surface area contributed by atoms with Crippen molar-refractivity contribution < 1.29 is 14.7 Å². The molecule has 1 atom stereocenters. The van der Waals surface area contributed by atoms with Gasteiger partial charge in [0.25, 0.3) is 5.91 Å². The molecule has 1 aromatic heterocycles. The van der Waals surface area contributed by atoms with Crippen molar-refractivity contribution in [2.75, 3.05) is 4.90 Å². The zero-order valence-electron chi connectivity index (χ0n) is 17.7. The zero-order valence-corrected chi connectivity index (χ0v) is 18.5. The lowest BCUT2D eigenvalue weighted by molar-refractivity contribution is -0.139. The van der Waals surface area contributed by atoms with Crippen molar-refractivity contribution in [2.24, 2.45) is 11.3 Å². The second kappa shape index (κ2) is 8.47. The van der Waals surface area contributed by atoms with Crippen LogP contribution >= 0.6 is 11.3 Å². The Labute approximate surface area is 190 Å². The Bertz CT molecular complexity index is 1090. The topological polar surface area (TPSA) is 83.4 Å². The van der Waals surface area contributed by atoms with E-state index in [1.807, 2.05) is 42.5 Å². The summed E-state index contributed by atoms with van der Waals surface area (Å²) in [5, 5.41) is 17.9. The first-order valence-corrected chi connectivity index (χ1v) is 11.9. The van der Waals surface area contributed by atoms with Crippen molar-refractivity contribution in [3.8, 4) is 0 Å². The third kappa shape index (κ3) is 4.05. The van der Waals surface area contributed by atoms with Crippen molar-refractivity contribution in [3.63, 3.8) is 0 Å². The lowest BCUT2D eigenvalue weighted by Crippen LogP contribution is -2.30. The molecule has 7 heteroatoms. The molecule has 2 fully saturated rings. The van der Waals surface area contributed by atoms with Crippen molar-refractivity contribution >= 4 is 28.3 Å². The SMILES string of the molecule is O=C(O)C1CC12CCC(c1ccc(C(=O)N(Cc3ccccc3)c3nncs3)cc1)CC2. The number of benzene rings is 2. The highest BCUT2D eigenvalue weighted by molar-refractivity contribution is 7.13. The molecule has 164 valence electrons. The second-order valence-corrected chi connectivity index (χ2v) is 9.76. The van der Waals surface area contributed by atoms with Crippen LogP contribution in [0.5, 0.6) is 0 Å². The molecular formula is C25H25N3O3S. The minimum absolute atomic E-state index is 0.0535. The Balaban J connectivity index is 1.28. The molecule has 5 rings (SSSR count). The van der Waals surface area contributed by atoms with Crippen molar-refractivity contribution in [3.05, 3.63) is 76.8 Å². The summed E-state index contributed by atoms with van der Waals surface area (Å²) in [6.07, 6.45) is 4.84. The standard InChI is InChI=1S/C25H25N3O3S/c29-22(28(24-27-26-16-32-24)15-17-4-2-1-3-5-17)20-8-6-18(7-9-20)19-10-12-25(13-11-19)14-21(25)23(30)31/h1-9,16,19,21H,10-15H2,(H,30,31). The van der Waals surface area contributed by atoms with E-state index in [2.05, 4.69) is 22.3 Å². The number of hydrogen-bond acceptors (Lipinski definition) is 5. The molecule has 2 aliphatic carbocycles. The van der Waals surface area contributed by atoms with Crippen LogP contribution in [-0.4, -0.2) is 27.2 Å². The van der Waals surface area contributed by atoms with Crippen molar-refractivity contribution in [2.45, 2.75) is 44.6 Å². The van der Waals surface area contributed by atoms with Crippen LogP contribution in [0.4, 0.5) is 5.13 Å². The number of rotatable bonds is 6. The summed E-state index contributed by atoms with van der Waals surface area (Å²) >= 11 is 1.35. The van der Waals surface area contributed by atoms with Gasteiger partial charge in [0.05, 0.1) is 12.5 Å². The fourth-order valence-electron chi connectivity index (χ4n) is 5.11. The van der Waals surface area contributed by atoms with Gasteiger partial charge in [0, 0.05) is 5.56 Å². The Morgan fingerprint density at radius 3 is 2.38 bits per heavy atom. The largest absolute Gasteiger partial charge is 0.481 e. The number of anilines is 1. The maximum atomic E-state index is 13.3. The highest BCUT2D eigenvalue weighted by atomic mass is 32.1. The maximum absolute atomic E-state index is 13.3. The monoisotopic (exact) mass is 447 g/mol. The number of aliphatic carboxylic acids is 1. The molecular weight excluding hydrogens is 422 g/mol. The summed E-state index contributed by atoms with van der Waals surface area (Å²) in [4.78, 5) is 26.3. The summed E-state index contributed by atoms with van der Waals surface area (Å²) in [5.41, 5.74) is 4.57. The van der Waals surface area contributed by atoms with Gasteiger partial charge in [-0.15, -0.1) is 10.2 Å². The van der Waals surface area contributed by atoms with Gasteiger partial charge in [0.15, 0.2) is 0 Å². The van der Waals surface area contributed by atoms with E-state index in [0.29, 0.717) is 23.2 Å². The quantitative estimate of drug-likeness (QED) is 0.566. The molecule has 1 N–H and O–H groups in total. The molecule has 0 saturated heterocycles. The summed E-state index contributed by atoms with van der Waals surface area (Å²) in [6.45, 7) is 0.437. The van der Waals surface area contributed by atoms with Gasteiger partial charge < -0.3 is 5.11 Å². The van der Waals surface area contributed by atoms with Crippen LogP contribution < -0.4 is 4.90 Å². The van der Waals surface area contributed by atoms with Crippen molar-refractivity contribution in [1.29, 1.82) is 0 Å². The van der Waals surface area contributed by atoms with Gasteiger partial charge in [0.1, 0.15) is 5.51 Å². The predicted octanol–water partition coefficient (Wildman–Crippen LogP) is 5.13. The Morgan fingerprint density at radius 1 is 1.06 bits per heavy atom. The number of hydrogen-bond donors (Lipinski definition) is 1. The fraction of sp³-hybridized carbons (Fsp3) is 0.360. The van der Waals surface area contributed by atoms with E-state index in [1.54, 1.807) is 10.4 Å². The molecule has 32 heavy (non-hydrogen) atoms. The average Bonchev–Trinajstić information content (AvgIpc) is 3.26. The van der Waals surface area contributed by atoms with Crippen LogP contribution in [0, 0.1) is 11.3 Å². The number of amides is 1. The highest BCUT2D eigenvalue weighted by Crippen LogP contribution is 2.63. The first-order chi connectivity index (χ1) is 15.6. The molecule has 1 spiro atoms.